The summed E-state index contributed by atoms with van der Waals surface area (Å²) in [4.78, 5) is 28.2. The Morgan fingerprint density at radius 2 is 1.85 bits per heavy atom. The Balaban J connectivity index is 0.000000696. The molecule has 0 aliphatic carbocycles. The van der Waals surface area contributed by atoms with Crippen molar-refractivity contribution in [2.45, 2.75) is 32.0 Å². The van der Waals surface area contributed by atoms with Crippen LogP contribution in [-0.4, -0.2) is 61.6 Å². The summed E-state index contributed by atoms with van der Waals surface area (Å²) in [7, 11) is -5.17. The molecule has 0 spiro atoms. The standard InChI is InChI=1S/C18H19F3N6O.H2O4S/c1-3-17(2,16(28)25-10-18(19,20)21)27-13-6-8-23-15(26-13)12-9-24-14-11(12)5-4-7-22-14;1-5(2,3)4/h4-9H,3,10H2,1-2H3,(H,22,24)(H,25,28)(H,23,26,27);(H2,1,2,3,4)/p-2/t17-;/m1./s1. The van der Waals surface area contributed by atoms with E-state index in [4.69, 9.17) is 17.5 Å². The van der Waals surface area contributed by atoms with E-state index in [0.717, 1.165) is 10.9 Å². The third-order valence-electron chi connectivity index (χ3n) is 4.41. The molecule has 0 saturated carbocycles. The third-order valence-corrected chi connectivity index (χ3v) is 4.41. The average Bonchev–Trinajstić information content (AvgIpc) is 3.14. The van der Waals surface area contributed by atoms with Gasteiger partial charge in [-0.1, -0.05) is 6.92 Å². The highest BCUT2D eigenvalue weighted by molar-refractivity contribution is 7.79. The van der Waals surface area contributed by atoms with Crippen LogP contribution in [0.2, 0.25) is 0 Å². The van der Waals surface area contributed by atoms with Gasteiger partial charge in [-0.25, -0.2) is 15.0 Å². The van der Waals surface area contributed by atoms with Crippen LogP contribution in [0.3, 0.4) is 0 Å². The van der Waals surface area contributed by atoms with Gasteiger partial charge in [0.2, 0.25) is 5.91 Å². The predicted molar refractivity (Wildman–Crippen MR) is 109 cm³/mol. The highest BCUT2D eigenvalue weighted by Crippen LogP contribution is 2.26. The minimum atomic E-state index is -5.17. The topological polar surface area (TPSA) is 176 Å². The average molecular weight is 488 g/mol. The summed E-state index contributed by atoms with van der Waals surface area (Å²) in [5, 5.41) is 5.69. The number of aromatic nitrogens is 4. The van der Waals surface area contributed by atoms with E-state index in [1.165, 1.54) is 13.1 Å². The summed E-state index contributed by atoms with van der Waals surface area (Å²) in [5.74, 6) is -0.0306. The zero-order chi connectivity index (χ0) is 24.9. The van der Waals surface area contributed by atoms with Gasteiger partial charge < -0.3 is 24.7 Å². The van der Waals surface area contributed by atoms with Crippen LogP contribution in [0.4, 0.5) is 19.0 Å². The Hall–Kier alpha value is -3.30. The van der Waals surface area contributed by atoms with Crippen LogP contribution in [-0.2, 0) is 15.2 Å². The number of hydrogen-bond acceptors (Lipinski definition) is 9. The molecule has 0 aliphatic heterocycles. The number of aromatic amines is 1. The first-order chi connectivity index (χ1) is 15.2. The van der Waals surface area contributed by atoms with Crippen molar-refractivity contribution in [1.82, 2.24) is 25.3 Å². The number of nitrogens with one attached hydrogen (secondary N) is 3. The summed E-state index contributed by atoms with van der Waals surface area (Å²) >= 11 is 0. The second-order valence-electron chi connectivity index (χ2n) is 6.88. The van der Waals surface area contributed by atoms with Crippen LogP contribution < -0.4 is 10.6 Å². The van der Waals surface area contributed by atoms with Gasteiger partial charge in [0.05, 0.1) is 0 Å². The quantitative estimate of drug-likeness (QED) is 0.346. The molecule has 3 aromatic heterocycles. The lowest BCUT2D eigenvalue weighted by molar-refractivity contribution is -0.140. The predicted octanol–water partition coefficient (Wildman–Crippen LogP) is 1.94. The molecule has 1 atom stereocenters. The highest BCUT2D eigenvalue weighted by Gasteiger charge is 2.35. The summed E-state index contributed by atoms with van der Waals surface area (Å²) in [5.41, 5.74) is 0.148. The lowest BCUT2D eigenvalue weighted by atomic mass is 9.97. The molecule has 3 aromatic rings. The van der Waals surface area contributed by atoms with E-state index in [-0.39, 0.29) is 6.42 Å². The molecular weight excluding hydrogens is 469 g/mol. The molecule has 0 radical (unpaired) electrons. The molecule has 0 saturated heterocycles. The van der Waals surface area contributed by atoms with Gasteiger partial charge in [-0.05, 0) is 31.5 Å². The largest absolute Gasteiger partial charge is 0.759 e. The van der Waals surface area contributed by atoms with Crippen molar-refractivity contribution in [2.24, 2.45) is 0 Å². The maximum atomic E-state index is 12.4. The number of amides is 1. The fourth-order valence-corrected chi connectivity index (χ4v) is 2.66. The van der Waals surface area contributed by atoms with E-state index in [1.807, 2.05) is 11.4 Å². The van der Waals surface area contributed by atoms with Crippen LogP contribution in [0.25, 0.3) is 22.4 Å². The Labute approximate surface area is 186 Å². The van der Waals surface area contributed by atoms with Crippen molar-refractivity contribution in [3.8, 4) is 11.4 Å². The minimum Gasteiger partial charge on any atom is -0.759 e. The van der Waals surface area contributed by atoms with Crippen LogP contribution >= 0.6 is 0 Å². The second kappa shape index (κ2) is 10.1. The molecule has 0 unspecified atom stereocenters. The molecule has 0 bridgehead atoms. The van der Waals surface area contributed by atoms with E-state index in [1.54, 1.807) is 31.5 Å². The lowest BCUT2D eigenvalue weighted by Gasteiger charge is -2.29. The molecule has 3 heterocycles. The van der Waals surface area contributed by atoms with Crippen molar-refractivity contribution < 1.29 is 35.5 Å². The second-order valence-corrected chi connectivity index (χ2v) is 7.70. The number of rotatable bonds is 6. The zero-order valence-corrected chi connectivity index (χ0v) is 18.1. The number of anilines is 1. The Morgan fingerprint density at radius 3 is 2.45 bits per heavy atom. The van der Waals surface area contributed by atoms with Gasteiger partial charge >= 0.3 is 6.18 Å². The molecule has 11 nitrogen and oxygen atoms in total. The zero-order valence-electron chi connectivity index (χ0n) is 17.3. The number of nitrogens with zero attached hydrogens (tertiary/aromatic N) is 3. The van der Waals surface area contributed by atoms with E-state index in [2.05, 4.69) is 25.3 Å². The van der Waals surface area contributed by atoms with Crippen LogP contribution in [0, 0.1) is 0 Å². The number of halogens is 3. The third kappa shape index (κ3) is 7.96. The van der Waals surface area contributed by atoms with Crippen LogP contribution in [0.5, 0.6) is 0 Å². The Kier molecular flexibility index (Phi) is 7.94. The number of carbonyl (C=O) groups is 1. The van der Waals surface area contributed by atoms with E-state index in [0.29, 0.717) is 17.3 Å². The summed E-state index contributed by atoms with van der Waals surface area (Å²) in [6, 6.07) is 5.22. The van der Waals surface area contributed by atoms with Crippen molar-refractivity contribution in [2.75, 3.05) is 11.9 Å². The smallest absolute Gasteiger partial charge is 0.405 e. The molecule has 0 aliphatic rings. The first-order valence-corrected chi connectivity index (χ1v) is 10.6. The molecule has 3 rings (SSSR count). The molecule has 33 heavy (non-hydrogen) atoms. The SMILES string of the molecule is CC[C@@](C)(Nc1ccnc(-c2c[nH]c3ncccc23)n1)C(=O)NCC(F)(F)F.O=S(=O)([O-])[O-]. The Bertz CT molecular complexity index is 1210. The monoisotopic (exact) mass is 488 g/mol. The molecule has 1 amide bonds. The van der Waals surface area contributed by atoms with Gasteiger partial charge in [-0.2, -0.15) is 13.2 Å². The molecule has 3 N–H and O–H groups in total. The lowest BCUT2D eigenvalue weighted by Crippen LogP contribution is -2.52. The van der Waals surface area contributed by atoms with Crippen LogP contribution in [0.1, 0.15) is 20.3 Å². The maximum Gasteiger partial charge on any atom is 0.405 e. The van der Waals surface area contributed by atoms with Gasteiger partial charge in [-0.3, -0.25) is 13.2 Å². The van der Waals surface area contributed by atoms with Crippen molar-refractivity contribution in [3.63, 3.8) is 0 Å². The Morgan fingerprint density at radius 1 is 1.18 bits per heavy atom. The first-order valence-electron chi connectivity index (χ1n) is 9.27. The number of pyridine rings is 1. The van der Waals surface area contributed by atoms with Gasteiger partial charge in [0, 0.05) is 39.9 Å². The fourth-order valence-electron chi connectivity index (χ4n) is 2.66. The van der Waals surface area contributed by atoms with Crippen molar-refractivity contribution in [1.29, 1.82) is 0 Å². The highest BCUT2D eigenvalue weighted by atomic mass is 32.3. The van der Waals surface area contributed by atoms with Crippen molar-refractivity contribution >= 4 is 33.2 Å². The molecule has 15 heteroatoms. The van der Waals surface area contributed by atoms with Gasteiger partial charge in [0.25, 0.3) is 0 Å². The van der Waals surface area contributed by atoms with Gasteiger partial charge in [-0.15, -0.1) is 0 Å². The van der Waals surface area contributed by atoms with Crippen LogP contribution in [0.15, 0.2) is 36.8 Å². The normalized spacial score (nSPS) is 13.5. The number of H-pyrrole nitrogens is 1. The van der Waals surface area contributed by atoms with Gasteiger partial charge in [0.15, 0.2) is 5.82 Å². The summed E-state index contributed by atoms with van der Waals surface area (Å²) < 4.78 is 71.3. The molecule has 180 valence electrons. The first kappa shape index (κ1) is 26.0. The number of alkyl halides is 3. The summed E-state index contributed by atoms with van der Waals surface area (Å²) in [6.45, 7) is 1.84. The molecular formula is C18H19F3N6O5S-2. The number of fused-ring (bicyclic) bond motifs is 1. The van der Waals surface area contributed by atoms with E-state index in [9.17, 15) is 18.0 Å². The number of carbonyl (C=O) groups excluding carboxylic acids is 1. The summed E-state index contributed by atoms with van der Waals surface area (Å²) in [6.07, 6.45) is 0.686. The van der Waals surface area contributed by atoms with Gasteiger partial charge in [0.1, 0.15) is 23.5 Å². The minimum absolute atomic E-state index is 0.257. The molecule has 0 aromatic carbocycles. The van der Waals surface area contributed by atoms with Crippen molar-refractivity contribution in [3.05, 3.63) is 36.8 Å². The van der Waals surface area contributed by atoms with E-state index < -0.39 is 34.6 Å². The molecule has 0 fully saturated rings. The maximum absolute atomic E-state index is 12.4. The van der Waals surface area contributed by atoms with E-state index >= 15 is 0 Å². The fraction of sp³-hybridized carbons (Fsp3) is 0.333. The number of hydrogen-bond donors (Lipinski definition) is 3.